The Bertz CT molecular complexity index is 891. The van der Waals surface area contributed by atoms with E-state index in [0.717, 1.165) is 29.1 Å². The lowest BCUT2D eigenvalue weighted by molar-refractivity contribution is 0.414. The Balaban J connectivity index is 1.61. The van der Waals surface area contributed by atoms with Crippen LogP contribution in [0.5, 0.6) is 5.75 Å². The molecule has 0 aliphatic carbocycles. The Hall–Kier alpha value is -2.86. The summed E-state index contributed by atoms with van der Waals surface area (Å²) in [7, 11) is 1.67. The van der Waals surface area contributed by atoms with Crippen molar-refractivity contribution >= 4 is 28.7 Å². The molecule has 0 radical (unpaired) electrons. The Kier molecular flexibility index (Phi) is 5.86. The first-order valence-corrected chi connectivity index (χ1v) is 8.90. The highest BCUT2D eigenvalue weighted by atomic mass is 32.1. The van der Waals surface area contributed by atoms with Gasteiger partial charge >= 0.3 is 0 Å². The van der Waals surface area contributed by atoms with E-state index in [-0.39, 0.29) is 0 Å². The van der Waals surface area contributed by atoms with Crippen LogP contribution in [0, 0.1) is 0 Å². The van der Waals surface area contributed by atoms with Gasteiger partial charge in [-0.3, -0.25) is 4.68 Å². The van der Waals surface area contributed by atoms with Gasteiger partial charge < -0.3 is 15.4 Å². The first-order valence-electron chi connectivity index (χ1n) is 8.49. The molecule has 0 amide bonds. The maximum absolute atomic E-state index is 5.42. The third-order valence-corrected chi connectivity index (χ3v) is 4.22. The van der Waals surface area contributed by atoms with Gasteiger partial charge in [-0.1, -0.05) is 37.3 Å². The smallest absolute Gasteiger partial charge is 0.175 e. The number of para-hydroxylation sites is 1. The minimum absolute atomic E-state index is 0.548. The maximum Gasteiger partial charge on any atom is 0.175 e. The SMILES string of the molecule is CCc1ccccc1NC(=S)Nc1cnn(Cc2cccc(OC)c2)c1. The number of methoxy groups -OCH3 is 1. The second kappa shape index (κ2) is 8.49. The lowest BCUT2D eigenvalue weighted by Gasteiger charge is -2.12. The largest absolute Gasteiger partial charge is 0.497 e. The molecule has 0 unspecified atom stereocenters. The predicted molar refractivity (Wildman–Crippen MR) is 110 cm³/mol. The van der Waals surface area contributed by atoms with Crippen LogP contribution in [0.25, 0.3) is 0 Å². The minimum Gasteiger partial charge on any atom is -0.497 e. The van der Waals surface area contributed by atoms with Crippen LogP contribution < -0.4 is 15.4 Å². The summed E-state index contributed by atoms with van der Waals surface area (Å²) in [6, 6.07) is 16.1. The van der Waals surface area contributed by atoms with Crippen molar-refractivity contribution in [2.45, 2.75) is 19.9 Å². The molecular weight excluding hydrogens is 344 g/mol. The molecule has 2 aromatic carbocycles. The highest BCUT2D eigenvalue weighted by Crippen LogP contribution is 2.17. The Morgan fingerprint density at radius 1 is 1.15 bits per heavy atom. The fourth-order valence-corrected chi connectivity index (χ4v) is 2.94. The molecule has 0 atom stereocenters. The monoisotopic (exact) mass is 366 g/mol. The number of nitrogens with zero attached hydrogens (tertiary/aromatic N) is 2. The molecule has 0 saturated heterocycles. The van der Waals surface area contributed by atoms with E-state index < -0.39 is 0 Å². The molecule has 0 aliphatic heterocycles. The molecule has 6 heteroatoms. The van der Waals surface area contributed by atoms with Crippen LogP contribution in [0.3, 0.4) is 0 Å². The van der Waals surface area contributed by atoms with Crippen LogP contribution in [-0.2, 0) is 13.0 Å². The molecular formula is C20H22N4OS. The average molecular weight is 366 g/mol. The minimum atomic E-state index is 0.548. The van der Waals surface area contributed by atoms with Gasteiger partial charge in [-0.25, -0.2) is 0 Å². The normalized spacial score (nSPS) is 10.4. The lowest BCUT2D eigenvalue weighted by atomic mass is 10.1. The molecule has 0 spiro atoms. The van der Waals surface area contributed by atoms with E-state index in [2.05, 4.69) is 28.7 Å². The Morgan fingerprint density at radius 3 is 2.81 bits per heavy atom. The average Bonchev–Trinajstić information content (AvgIpc) is 3.08. The van der Waals surface area contributed by atoms with Gasteiger partial charge in [0.1, 0.15) is 5.75 Å². The van der Waals surface area contributed by atoms with Gasteiger partial charge in [0, 0.05) is 11.9 Å². The number of rotatable bonds is 6. The van der Waals surface area contributed by atoms with Crippen LogP contribution in [0.4, 0.5) is 11.4 Å². The lowest BCUT2D eigenvalue weighted by Crippen LogP contribution is -2.19. The highest BCUT2D eigenvalue weighted by Gasteiger charge is 2.05. The number of aryl methyl sites for hydroxylation is 1. The van der Waals surface area contributed by atoms with E-state index in [1.165, 1.54) is 5.56 Å². The topological polar surface area (TPSA) is 51.1 Å². The molecule has 3 aromatic rings. The molecule has 5 nitrogen and oxygen atoms in total. The van der Waals surface area contributed by atoms with Crippen molar-refractivity contribution in [3.63, 3.8) is 0 Å². The quantitative estimate of drug-likeness (QED) is 0.637. The third kappa shape index (κ3) is 4.61. The third-order valence-electron chi connectivity index (χ3n) is 4.02. The van der Waals surface area contributed by atoms with Crippen LogP contribution in [0.15, 0.2) is 60.9 Å². The Morgan fingerprint density at radius 2 is 2.00 bits per heavy atom. The van der Waals surface area contributed by atoms with Gasteiger partial charge in [-0.15, -0.1) is 0 Å². The number of aromatic nitrogens is 2. The predicted octanol–water partition coefficient (Wildman–Crippen LogP) is 4.31. The molecule has 2 N–H and O–H groups in total. The summed E-state index contributed by atoms with van der Waals surface area (Å²) in [6.45, 7) is 2.79. The molecule has 1 heterocycles. The number of ether oxygens (including phenoxy) is 1. The van der Waals surface area contributed by atoms with E-state index in [9.17, 15) is 0 Å². The molecule has 0 saturated carbocycles. The number of benzene rings is 2. The summed E-state index contributed by atoms with van der Waals surface area (Å²) in [4.78, 5) is 0. The maximum atomic E-state index is 5.42. The van der Waals surface area contributed by atoms with Crippen LogP contribution in [-0.4, -0.2) is 22.0 Å². The summed E-state index contributed by atoms with van der Waals surface area (Å²) in [6.07, 6.45) is 4.64. The highest BCUT2D eigenvalue weighted by molar-refractivity contribution is 7.80. The van der Waals surface area contributed by atoms with Gasteiger partial charge in [-0.2, -0.15) is 5.10 Å². The molecule has 0 fully saturated rings. The van der Waals surface area contributed by atoms with Crippen molar-refractivity contribution in [2.24, 2.45) is 0 Å². The number of anilines is 2. The second-order valence-corrected chi connectivity index (χ2v) is 6.28. The van der Waals surface area contributed by atoms with Crippen LogP contribution >= 0.6 is 12.2 Å². The van der Waals surface area contributed by atoms with E-state index in [1.54, 1.807) is 13.3 Å². The fraction of sp³-hybridized carbons (Fsp3) is 0.200. The first-order chi connectivity index (χ1) is 12.7. The number of nitrogens with one attached hydrogen (secondary N) is 2. The van der Waals surface area contributed by atoms with Gasteiger partial charge in [0.2, 0.25) is 0 Å². The van der Waals surface area contributed by atoms with E-state index in [4.69, 9.17) is 17.0 Å². The standard InChI is InChI=1S/C20H22N4OS/c1-3-16-8-4-5-10-19(16)23-20(26)22-17-12-21-24(14-17)13-15-7-6-9-18(11-15)25-2/h4-12,14H,3,13H2,1-2H3,(H2,22,23,26). The fourth-order valence-electron chi connectivity index (χ4n) is 2.71. The summed E-state index contributed by atoms with van der Waals surface area (Å²) in [5.41, 5.74) is 4.22. The summed E-state index contributed by atoms with van der Waals surface area (Å²) >= 11 is 5.42. The Labute approximate surface area is 159 Å². The van der Waals surface area contributed by atoms with Crippen molar-refractivity contribution in [2.75, 3.05) is 17.7 Å². The zero-order valence-electron chi connectivity index (χ0n) is 14.9. The molecule has 0 bridgehead atoms. The first kappa shape index (κ1) is 17.9. The second-order valence-electron chi connectivity index (χ2n) is 5.87. The van der Waals surface area contributed by atoms with Crippen molar-refractivity contribution in [3.8, 4) is 5.75 Å². The van der Waals surface area contributed by atoms with Crippen molar-refractivity contribution in [1.29, 1.82) is 0 Å². The molecule has 0 aliphatic rings. The van der Waals surface area contributed by atoms with E-state index in [0.29, 0.717) is 11.7 Å². The summed E-state index contributed by atoms with van der Waals surface area (Å²) < 4.78 is 7.12. The molecule has 1 aromatic heterocycles. The van der Waals surface area contributed by atoms with E-state index in [1.807, 2.05) is 53.3 Å². The molecule has 26 heavy (non-hydrogen) atoms. The van der Waals surface area contributed by atoms with Gasteiger partial charge in [-0.05, 0) is 48.0 Å². The van der Waals surface area contributed by atoms with Crippen LogP contribution in [0.2, 0.25) is 0 Å². The summed E-state index contributed by atoms with van der Waals surface area (Å²) in [5, 5.41) is 11.4. The zero-order chi connectivity index (χ0) is 18.4. The zero-order valence-corrected chi connectivity index (χ0v) is 15.7. The van der Waals surface area contributed by atoms with Gasteiger partial charge in [0.15, 0.2) is 5.11 Å². The van der Waals surface area contributed by atoms with Crippen LogP contribution in [0.1, 0.15) is 18.1 Å². The number of thiocarbonyl (C=S) groups is 1. The van der Waals surface area contributed by atoms with Crippen molar-refractivity contribution in [3.05, 3.63) is 72.1 Å². The number of hydrogen-bond donors (Lipinski definition) is 2. The van der Waals surface area contributed by atoms with Gasteiger partial charge in [0.25, 0.3) is 0 Å². The van der Waals surface area contributed by atoms with E-state index >= 15 is 0 Å². The van der Waals surface area contributed by atoms with Crippen molar-refractivity contribution < 1.29 is 4.74 Å². The number of hydrogen-bond acceptors (Lipinski definition) is 3. The molecule has 3 rings (SSSR count). The summed E-state index contributed by atoms with van der Waals surface area (Å²) in [5.74, 6) is 0.841. The molecule has 134 valence electrons. The van der Waals surface area contributed by atoms with Gasteiger partial charge in [0.05, 0.1) is 25.5 Å². The van der Waals surface area contributed by atoms with Crippen molar-refractivity contribution in [1.82, 2.24) is 9.78 Å².